The molecule has 1 aliphatic carbocycles. The third-order valence-corrected chi connectivity index (χ3v) is 5.63. The van der Waals surface area contributed by atoms with Gasteiger partial charge in [0, 0.05) is 29.7 Å². The molecule has 3 rings (SSSR count). The molecule has 2 aromatic rings. The monoisotopic (exact) mass is 372 g/mol. The molecule has 0 bridgehead atoms. The Morgan fingerprint density at radius 3 is 2.79 bits per heavy atom. The number of aromatic nitrogens is 1. The number of hydrogen-bond acceptors (Lipinski definition) is 2. The van der Waals surface area contributed by atoms with Crippen molar-refractivity contribution in [1.82, 2.24) is 10.3 Å². The maximum Gasteiger partial charge on any atom is 0.0373 e. The van der Waals surface area contributed by atoms with Crippen molar-refractivity contribution in [1.29, 1.82) is 0 Å². The van der Waals surface area contributed by atoms with E-state index in [9.17, 15) is 0 Å². The molecule has 0 unspecified atom stereocenters. The highest BCUT2D eigenvalue weighted by Crippen LogP contribution is 2.34. The van der Waals surface area contributed by atoms with Gasteiger partial charge in [-0.05, 0) is 91.8 Å². The fourth-order valence-corrected chi connectivity index (χ4v) is 4.03. The Bertz CT molecular complexity index is 859. The first-order valence-electron chi connectivity index (χ1n) is 10.4. The smallest absolute Gasteiger partial charge is 0.0373 e. The van der Waals surface area contributed by atoms with Gasteiger partial charge >= 0.3 is 0 Å². The first-order chi connectivity index (χ1) is 13.6. The van der Waals surface area contributed by atoms with Crippen LogP contribution in [0.2, 0.25) is 0 Å². The van der Waals surface area contributed by atoms with Crippen LogP contribution in [0.5, 0.6) is 0 Å². The Balaban J connectivity index is 1.54. The van der Waals surface area contributed by atoms with E-state index < -0.39 is 0 Å². The lowest BCUT2D eigenvalue weighted by Crippen LogP contribution is -2.13. The molecular weight excluding hydrogens is 340 g/mol. The van der Waals surface area contributed by atoms with Gasteiger partial charge in [0.25, 0.3) is 0 Å². The molecule has 0 aliphatic heterocycles. The fourth-order valence-electron chi connectivity index (χ4n) is 4.03. The summed E-state index contributed by atoms with van der Waals surface area (Å²) in [5, 5.41) is 3.44. The van der Waals surface area contributed by atoms with E-state index in [2.05, 4.69) is 48.2 Å². The number of pyridine rings is 1. The van der Waals surface area contributed by atoms with E-state index in [0.29, 0.717) is 0 Å². The minimum absolute atomic E-state index is 0.936. The number of unbranched alkanes of at least 4 members (excludes halogenated alkanes) is 1. The lowest BCUT2D eigenvalue weighted by atomic mass is 9.82. The zero-order valence-corrected chi connectivity index (χ0v) is 17.2. The normalized spacial score (nSPS) is 13.1. The van der Waals surface area contributed by atoms with E-state index in [-0.39, 0.29) is 0 Å². The number of nitrogens with zero attached hydrogens (tertiary/aromatic N) is 1. The summed E-state index contributed by atoms with van der Waals surface area (Å²) >= 11 is 0. The van der Waals surface area contributed by atoms with E-state index in [1.165, 1.54) is 40.7 Å². The summed E-state index contributed by atoms with van der Waals surface area (Å²) in [6, 6.07) is 8.70. The molecule has 1 aromatic carbocycles. The van der Waals surface area contributed by atoms with Crippen molar-refractivity contribution in [2.24, 2.45) is 0 Å². The van der Waals surface area contributed by atoms with Gasteiger partial charge in [0.1, 0.15) is 0 Å². The predicted molar refractivity (Wildman–Crippen MR) is 121 cm³/mol. The van der Waals surface area contributed by atoms with Crippen molar-refractivity contribution in [3.63, 3.8) is 0 Å². The van der Waals surface area contributed by atoms with Crippen molar-refractivity contribution in [3.05, 3.63) is 89.8 Å². The third-order valence-electron chi connectivity index (χ3n) is 5.63. The molecule has 0 saturated heterocycles. The molecule has 1 heterocycles. The zero-order valence-electron chi connectivity index (χ0n) is 17.2. The molecule has 28 heavy (non-hydrogen) atoms. The van der Waals surface area contributed by atoms with Gasteiger partial charge < -0.3 is 5.32 Å². The summed E-state index contributed by atoms with van der Waals surface area (Å²) in [5.74, 6) is 0. The summed E-state index contributed by atoms with van der Waals surface area (Å²) in [6.07, 6.45) is 11.8. The number of fused-ring (bicyclic) bond motifs is 1. The van der Waals surface area contributed by atoms with Gasteiger partial charge in [0.15, 0.2) is 0 Å². The van der Waals surface area contributed by atoms with Crippen LogP contribution in [0.3, 0.4) is 0 Å². The number of benzene rings is 1. The van der Waals surface area contributed by atoms with Crippen molar-refractivity contribution < 1.29 is 0 Å². The topological polar surface area (TPSA) is 24.9 Å². The molecule has 2 heteroatoms. The van der Waals surface area contributed by atoms with Crippen molar-refractivity contribution >= 4 is 11.3 Å². The molecule has 0 atom stereocenters. The summed E-state index contributed by atoms with van der Waals surface area (Å²) in [5.41, 5.74) is 10.2. The molecule has 0 radical (unpaired) electrons. The molecular formula is C26H32N2. The molecule has 0 spiro atoms. The van der Waals surface area contributed by atoms with Gasteiger partial charge in [0.05, 0.1) is 0 Å². The lowest BCUT2D eigenvalue weighted by Gasteiger charge is -2.23. The standard InChI is InChI=1S/C26H32N2/c1-5-9-25-22(15-16-24-19(2)10-8-12-26(24)25)11-6-7-17-27-21(4)23-14-13-20(3)28-18-23/h5,13-16,18,27H,1-2,4,6-12,17H2,3H3. The van der Waals surface area contributed by atoms with Gasteiger partial charge in [-0.2, -0.15) is 0 Å². The Morgan fingerprint density at radius 2 is 2.04 bits per heavy atom. The van der Waals surface area contributed by atoms with Gasteiger partial charge in [-0.25, -0.2) is 0 Å². The Kier molecular flexibility index (Phi) is 6.86. The predicted octanol–water partition coefficient (Wildman–Crippen LogP) is 6.05. The van der Waals surface area contributed by atoms with Crippen LogP contribution >= 0.6 is 0 Å². The van der Waals surface area contributed by atoms with Crippen LogP contribution in [-0.4, -0.2) is 11.5 Å². The summed E-state index contributed by atoms with van der Waals surface area (Å²) in [7, 11) is 0. The number of allylic oxidation sites excluding steroid dienone is 2. The molecule has 0 fully saturated rings. The van der Waals surface area contributed by atoms with Crippen LogP contribution in [0.1, 0.15) is 59.2 Å². The van der Waals surface area contributed by atoms with Crippen molar-refractivity contribution in [3.8, 4) is 0 Å². The van der Waals surface area contributed by atoms with E-state index in [1.807, 2.05) is 25.3 Å². The maximum absolute atomic E-state index is 4.34. The third kappa shape index (κ3) is 4.81. The van der Waals surface area contributed by atoms with Crippen molar-refractivity contribution in [2.75, 3.05) is 6.54 Å². The second kappa shape index (κ2) is 9.54. The quantitative estimate of drug-likeness (QED) is 0.428. The number of aryl methyl sites for hydroxylation is 2. The number of nitrogens with one attached hydrogen (secondary N) is 1. The average Bonchev–Trinajstić information content (AvgIpc) is 2.70. The van der Waals surface area contributed by atoms with Crippen LogP contribution in [0.4, 0.5) is 0 Å². The SMILES string of the molecule is C=CCc1c(CCCCNC(=C)c2ccc(C)nc2)ccc2c1CCCC2=C. The molecule has 146 valence electrons. The average molecular weight is 373 g/mol. The maximum atomic E-state index is 4.34. The van der Waals surface area contributed by atoms with Crippen LogP contribution in [0.15, 0.2) is 56.3 Å². The molecule has 2 nitrogen and oxygen atoms in total. The van der Waals surface area contributed by atoms with E-state index in [0.717, 1.165) is 55.6 Å². The Morgan fingerprint density at radius 1 is 1.18 bits per heavy atom. The molecule has 1 N–H and O–H groups in total. The van der Waals surface area contributed by atoms with Crippen LogP contribution in [-0.2, 0) is 19.3 Å². The summed E-state index contributed by atoms with van der Waals surface area (Å²) < 4.78 is 0. The number of hydrogen-bond donors (Lipinski definition) is 1. The van der Waals surface area contributed by atoms with Gasteiger partial charge in [0.2, 0.25) is 0 Å². The Labute approximate surface area is 170 Å². The molecule has 0 saturated carbocycles. The summed E-state index contributed by atoms with van der Waals surface area (Å²) in [6.45, 7) is 15.3. The summed E-state index contributed by atoms with van der Waals surface area (Å²) in [4.78, 5) is 4.34. The second-order valence-electron chi connectivity index (χ2n) is 7.73. The zero-order chi connectivity index (χ0) is 19.9. The fraction of sp³-hybridized carbons (Fsp3) is 0.346. The van der Waals surface area contributed by atoms with Gasteiger partial charge in [-0.15, -0.1) is 6.58 Å². The van der Waals surface area contributed by atoms with Gasteiger partial charge in [-0.3, -0.25) is 4.98 Å². The van der Waals surface area contributed by atoms with Crippen LogP contribution < -0.4 is 5.32 Å². The van der Waals surface area contributed by atoms with Crippen molar-refractivity contribution in [2.45, 2.75) is 51.9 Å². The molecule has 1 aliphatic rings. The Hall–Kier alpha value is -2.61. The minimum atomic E-state index is 0.936. The van der Waals surface area contributed by atoms with E-state index >= 15 is 0 Å². The highest BCUT2D eigenvalue weighted by molar-refractivity contribution is 5.70. The van der Waals surface area contributed by atoms with E-state index in [1.54, 1.807) is 0 Å². The van der Waals surface area contributed by atoms with Crippen LogP contribution in [0, 0.1) is 6.92 Å². The second-order valence-corrected chi connectivity index (χ2v) is 7.73. The largest absolute Gasteiger partial charge is 0.385 e. The highest BCUT2D eigenvalue weighted by atomic mass is 14.9. The van der Waals surface area contributed by atoms with Crippen LogP contribution in [0.25, 0.3) is 11.3 Å². The first-order valence-corrected chi connectivity index (χ1v) is 10.4. The van der Waals surface area contributed by atoms with E-state index in [4.69, 9.17) is 0 Å². The molecule has 1 aromatic heterocycles. The molecule has 0 amide bonds. The van der Waals surface area contributed by atoms with Gasteiger partial charge in [-0.1, -0.05) is 31.4 Å². The number of rotatable bonds is 9. The first kappa shape index (κ1) is 20.1. The lowest BCUT2D eigenvalue weighted by molar-refractivity contribution is 0.698. The minimum Gasteiger partial charge on any atom is -0.385 e. The highest BCUT2D eigenvalue weighted by Gasteiger charge is 2.17.